The average molecular weight is 311 g/mol. The number of hydrogen-bond acceptors (Lipinski definition) is 3. The first-order valence-electron chi connectivity index (χ1n) is 7.36. The van der Waals surface area contributed by atoms with Crippen molar-refractivity contribution in [2.24, 2.45) is 0 Å². The van der Waals surface area contributed by atoms with Gasteiger partial charge >= 0.3 is 0 Å². The number of carbonyl (C=O) groups is 1. The molecule has 1 saturated carbocycles. The molecule has 5 heteroatoms. The first-order chi connectivity index (χ1) is 9.61. The monoisotopic (exact) mass is 310 g/mol. The zero-order valence-corrected chi connectivity index (χ0v) is 13.1. The van der Waals surface area contributed by atoms with Crippen molar-refractivity contribution in [3.8, 4) is 0 Å². The van der Waals surface area contributed by atoms with Gasteiger partial charge < -0.3 is 15.7 Å². The highest BCUT2D eigenvalue weighted by atomic mass is 35.5. The van der Waals surface area contributed by atoms with Gasteiger partial charge in [-0.15, -0.1) is 12.4 Å². The van der Waals surface area contributed by atoms with Gasteiger partial charge in [0.15, 0.2) is 0 Å². The Morgan fingerprint density at radius 3 is 2.71 bits per heavy atom. The van der Waals surface area contributed by atoms with E-state index in [1.165, 1.54) is 11.1 Å². The predicted octanol–water partition coefficient (Wildman–Crippen LogP) is 1.29. The minimum atomic E-state index is -0.392. The van der Waals surface area contributed by atoms with Crippen molar-refractivity contribution in [2.75, 3.05) is 13.1 Å². The Labute approximate surface area is 131 Å². The Hall–Kier alpha value is -1.10. The topological polar surface area (TPSA) is 61.4 Å². The van der Waals surface area contributed by atoms with Crippen LogP contribution < -0.4 is 10.6 Å². The van der Waals surface area contributed by atoms with E-state index in [0.29, 0.717) is 19.5 Å². The predicted molar refractivity (Wildman–Crippen MR) is 84.8 cm³/mol. The highest BCUT2D eigenvalue weighted by molar-refractivity contribution is 5.85. The molecule has 1 saturated heterocycles. The number of β-amino-alcohol motifs (C(OH)–C–C–N with tert-alkyl or cyclic N) is 1. The first-order valence-corrected chi connectivity index (χ1v) is 7.36. The number of amides is 1. The second kappa shape index (κ2) is 6.34. The fraction of sp³-hybridized carbons (Fsp3) is 0.562. The fourth-order valence-electron chi connectivity index (χ4n) is 3.16. The molecule has 2 fully saturated rings. The summed E-state index contributed by atoms with van der Waals surface area (Å²) in [6.07, 6.45) is 2.40. The first kappa shape index (κ1) is 16.3. The summed E-state index contributed by atoms with van der Waals surface area (Å²) in [5.41, 5.74) is 2.80. The van der Waals surface area contributed by atoms with Crippen LogP contribution in [0.3, 0.4) is 0 Å². The average Bonchev–Trinajstić information content (AvgIpc) is 3.10. The molecule has 2 atom stereocenters. The van der Waals surface area contributed by atoms with E-state index in [2.05, 4.69) is 41.8 Å². The van der Waals surface area contributed by atoms with Gasteiger partial charge in [0.25, 0.3) is 0 Å². The summed E-state index contributed by atoms with van der Waals surface area (Å²) >= 11 is 0. The maximum Gasteiger partial charge on any atom is 0.237 e. The number of nitrogens with one attached hydrogen (secondary N) is 2. The fourth-order valence-corrected chi connectivity index (χ4v) is 3.16. The molecule has 0 bridgehead atoms. The summed E-state index contributed by atoms with van der Waals surface area (Å²) in [5.74, 6) is 0.0152. The molecule has 1 aromatic rings. The van der Waals surface area contributed by atoms with E-state index in [9.17, 15) is 9.90 Å². The normalized spacial score (nSPS) is 26.0. The van der Waals surface area contributed by atoms with E-state index in [4.69, 9.17) is 0 Å². The van der Waals surface area contributed by atoms with E-state index < -0.39 is 6.10 Å². The number of aryl methyl sites for hydroxylation is 1. The second-order valence-corrected chi connectivity index (χ2v) is 6.16. The molecule has 116 valence electrons. The lowest BCUT2D eigenvalue weighted by atomic mass is 9.92. The van der Waals surface area contributed by atoms with E-state index in [-0.39, 0.29) is 29.8 Å². The molecular weight excluding hydrogens is 288 g/mol. The van der Waals surface area contributed by atoms with Gasteiger partial charge in [-0.2, -0.15) is 0 Å². The van der Waals surface area contributed by atoms with Gasteiger partial charge in [-0.05, 0) is 37.3 Å². The zero-order valence-electron chi connectivity index (χ0n) is 12.3. The third-order valence-corrected chi connectivity index (χ3v) is 4.60. The van der Waals surface area contributed by atoms with Gasteiger partial charge in [0.05, 0.1) is 12.1 Å². The molecule has 3 rings (SSSR count). The lowest BCUT2D eigenvalue weighted by molar-refractivity contribution is -0.123. The molecule has 2 aliphatic rings. The van der Waals surface area contributed by atoms with Crippen LogP contribution >= 0.6 is 12.4 Å². The molecule has 0 spiro atoms. The SMILES string of the molecule is Cc1ccccc1C1(CNC(=O)C2CC(O)CN2)CC1.Cl. The van der Waals surface area contributed by atoms with Crippen molar-refractivity contribution in [1.29, 1.82) is 0 Å². The van der Waals surface area contributed by atoms with Crippen molar-refractivity contribution in [3.63, 3.8) is 0 Å². The quantitative estimate of drug-likeness (QED) is 0.785. The Kier molecular flexibility index (Phi) is 4.91. The molecule has 21 heavy (non-hydrogen) atoms. The summed E-state index contributed by atoms with van der Waals surface area (Å²) in [5, 5.41) is 15.6. The van der Waals surface area contributed by atoms with Crippen LogP contribution in [0, 0.1) is 6.92 Å². The van der Waals surface area contributed by atoms with Crippen LogP contribution in [-0.4, -0.2) is 36.2 Å². The van der Waals surface area contributed by atoms with Crippen LogP contribution in [0.25, 0.3) is 0 Å². The lowest BCUT2D eigenvalue weighted by Crippen LogP contribution is -2.43. The van der Waals surface area contributed by atoms with Gasteiger partial charge in [-0.1, -0.05) is 24.3 Å². The summed E-state index contributed by atoms with van der Waals surface area (Å²) in [4.78, 5) is 12.1. The summed E-state index contributed by atoms with van der Waals surface area (Å²) in [6, 6.07) is 8.19. The van der Waals surface area contributed by atoms with Crippen molar-refractivity contribution in [1.82, 2.24) is 10.6 Å². The van der Waals surface area contributed by atoms with Crippen molar-refractivity contribution in [2.45, 2.75) is 43.7 Å². The molecule has 2 unspecified atom stereocenters. The van der Waals surface area contributed by atoms with Crippen molar-refractivity contribution in [3.05, 3.63) is 35.4 Å². The summed E-state index contributed by atoms with van der Waals surface area (Å²) < 4.78 is 0. The summed E-state index contributed by atoms with van der Waals surface area (Å²) in [6.45, 7) is 3.35. The highest BCUT2D eigenvalue weighted by Crippen LogP contribution is 2.48. The van der Waals surface area contributed by atoms with Crippen LogP contribution in [0.15, 0.2) is 24.3 Å². The van der Waals surface area contributed by atoms with E-state index >= 15 is 0 Å². The Morgan fingerprint density at radius 2 is 2.14 bits per heavy atom. The molecule has 1 aliphatic carbocycles. The number of halogens is 1. The molecule has 3 N–H and O–H groups in total. The van der Waals surface area contributed by atoms with Gasteiger partial charge in [-0.25, -0.2) is 0 Å². The maximum absolute atomic E-state index is 12.1. The van der Waals surface area contributed by atoms with Crippen LogP contribution in [-0.2, 0) is 10.2 Å². The standard InChI is InChI=1S/C16H22N2O2.ClH/c1-11-4-2-3-5-13(11)16(6-7-16)10-18-15(20)14-8-12(19)9-17-14;/h2-5,12,14,17,19H,6-10H2,1H3,(H,18,20);1H. The minimum absolute atomic E-state index is 0. The Bertz CT molecular complexity index is 517. The van der Waals surface area contributed by atoms with Crippen LogP contribution in [0.1, 0.15) is 30.4 Å². The number of benzene rings is 1. The van der Waals surface area contributed by atoms with Gasteiger partial charge in [0.1, 0.15) is 0 Å². The molecule has 4 nitrogen and oxygen atoms in total. The number of hydrogen-bond donors (Lipinski definition) is 3. The van der Waals surface area contributed by atoms with Gasteiger partial charge in [0, 0.05) is 18.5 Å². The van der Waals surface area contributed by atoms with Crippen LogP contribution in [0.4, 0.5) is 0 Å². The largest absolute Gasteiger partial charge is 0.392 e. The molecular formula is C16H23ClN2O2. The molecule has 0 radical (unpaired) electrons. The van der Waals surface area contributed by atoms with E-state index in [1.54, 1.807) is 0 Å². The number of aliphatic hydroxyl groups is 1. The Morgan fingerprint density at radius 1 is 1.43 bits per heavy atom. The molecule has 1 heterocycles. The van der Waals surface area contributed by atoms with Crippen molar-refractivity contribution < 1.29 is 9.90 Å². The van der Waals surface area contributed by atoms with E-state index in [0.717, 1.165) is 12.8 Å². The minimum Gasteiger partial charge on any atom is -0.392 e. The summed E-state index contributed by atoms with van der Waals surface area (Å²) in [7, 11) is 0. The zero-order chi connectivity index (χ0) is 14.2. The van der Waals surface area contributed by atoms with Gasteiger partial charge in [0.2, 0.25) is 5.91 Å². The van der Waals surface area contributed by atoms with Crippen LogP contribution in [0.5, 0.6) is 0 Å². The van der Waals surface area contributed by atoms with E-state index in [1.807, 2.05) is 0 Å². The molecule has 1 aliphatic heterocycles. The third kappa shape index (κ3) is 3.39. The molecule has 1 aromatic carbocycles. The smallest absolute Gasteiger partial charge is 0.237 e. The molecule has 0 aromatic heterocycles. The maximum atomic E-state index is 12.1. The number of aliphatic hydroxyl groups excluding tert-OH is 1. The number of carbonyl (C=O) groups excluding carboxylic acids is 1. The van der Waals surface area contributed by atoms with Crippen LogP contribution in [0.2, 0.25) is 0 Å². The Balaban J connectivity index is 0.00000161. The lowest BCUT2D eigenvalue weighted by Gasteiger charge is -2.20. The third-order valence-electron chi connectivity index (χ3n) is 4.60. The number of rotatable bonds is 4. The second-order valence-electron chi connectivity index (χ2n) is 6.16. The van der Waals surface area contributed by atoms with Crippen molar-refractivity contribution >= 4 is 18.3 Å². The van der Waals surface area contributed by atoms with Gasteiger partial charge in [-0.3, -0.25) is 4.79 Å². The highest BCUT2D eigenvalue weighted by Gasteiger charge is 2.45. The molecule has 1 amide bonds.